The number of nitrogens with zero attached hydrogens (tertiary/aromatic N) is 3. The van der Waals surface area contributed by atoms with E-state index in [0.717, 1.165) is 27.6 Å². The van der Waals surface area contributed by atoms with E-state index in [1.165, 1.54) is 0 Å². The topological polar surface area (TPSA) is 58.1 Å². The summed E-state index contributed by atoms with van der Waals surface area (Å²) in [5.74, 6) is -1.14. The molecule has 1 amide bonds. The zero-order valence-corrected chi connectivity index (χ0v) is 13.9. The number of carbonyl (C=O) groups is 1. The van der Waals surface area contributed by atoms with Crippen LogP contribution in [0.3, 0.4) is 0 Å². The highest BCUT2D eigenvalue weighted by atomic mass is 35.5. The van der Waals surface area contributed by atoms with Crippen LogP contribution in [0, 0.1) is 5.82 Å². The lowest BCUT2D eigenvalue weighted by Crippen LogP contribution is -2.13. The molecule has 0 aliphatic rings. The summed E-state index contributed by atoms with van der Waals surface area (Å²) in [6, 6.07) is 6.45. The lowest BCUT2D eigenvalue weighted by molar-refractivity contribution is 0.102. The molecule has 2 aromatic heterocycles. The average molecular weight is 351 g/mol. The third-order valence-electron chi connectivity index (χ3n) is 3.07. The molecule has 0 fully saturated rings. The summed E-state index contributed by atoms with van der Waals surface area (Å²) in [7, 11) is 3.83. The lowest BCUT2D eigenvalue weighted by Gasteiger charge is -2.06. The number of amides is 1. The van der Waals surface area contributed by atoms with Crippen molar-refractivity contribution in [1.29, 1.82) is 0 Å². The molecule has 8 heteroatoms. The largest absolute Gasteiger partial charge is 0.354 e. The summed E-state index contributed by atoms with van der Waals surface area (Å²) in [5.41, 5.74) is 1.32. The number of aromatic nitrogens is 2. The van der Waals surface area contributed by atoms with Crippen LogP contribution in [0.1, 0.15) is 10.4 Å². The van der Waals surface area contributed by atoms with Crippen LogP contribution in [0.25, 0.3) is 10.2 Å². The molecule has 0 radical (unpaired) electrons. The Morgan fingerprint density at radius 1 is 1.35 bits per heavy atom. The van der Waals surface area contributed by atoms with E-state index < -0.39 is 11.7 Å². The van der Waals surface area contributed by atoms with Crippen molar-refractivity contribution >= 4 is 49.9 Å². The minimum atomic E-state index is -0.620. The van der Waals surface area contributed by atoms with Gasteiger partial charge in [-0.05, 0) is 24.3 Å². The fourth-order valence-electron chi connectivity index (χ4n) is 1.96. The van der Waals surface area contributed by atoms with Gasteiger partial charge < -0.3 is 10.2 Å². The van der Waals surface area contributed by atoms with Crippen LogP contribution in [0.4, 0.5) is 15.2 Å². The van der Waals surface area contributed by atoms with E-state index in [0.29, 0.717) is 5.69 Å². The Hall–Kier alpha value is -2.25. The summed E-state index contributed by atoms with van der Waals surface area (Å²) in [6.45, 7) is 0. The molecule has 23 heavy (non-hydrogen) atoms. The first-order chi connectivity index (χ1) is 10.9. The van der Waals surface area contributed by atoms with Gasteiger partial charge in [0.1, 0.15) is 11.0 Å². The first-order valence-corrected chi connectivity index (χ1v) is 7.84. The molecule has 0 unspecified atom stereocenters. The van der Waals surface area contributed by atoms with Crippen LogP contribution in [0.5, 0.6) is 0 Å². The van der Waals surface area contributed by atoms with Gasteiger partial charge in [0.15, 0.2) is 5.13 Å². The normalized spacial score (nSPS) is 10.8. The zero-order chi connectivity index (χ0) is 16.6. The van der Waals surface area contributed by atoms with E-state index in [9.17, 15) is 9.18 Å². The third kappa shape index (κ3) is 3.25. The van der Waals surface area contributed by atoms with Crippen LogP contribution in [0.2, 0.25) is 5.15 Å². The molecule has 0 aliphatic heterocycles. The zero-order valence-electron chi connectivity index (χ0n) is 12.3. The molecule has 0 spiro atoms. The molecule has 3 aromatic rings. The number of thiazole rings is 1. The number of pyridine rings is 1. The van der Waals surface area contributed by atoms with Crippen LogP contribution in [-0.4, -0.2) is 30.0 Å². The number of rotatable bonds is 3. The van der Waals surface area contributed by atoms with Crippen molar-refractivity contribution in [3.8, 4) is 0 Å². The Morgan fingerprint density at radius 2 is 2.13 bits per heavy atom. The molecule has 0 bridgehead atoms. The van der Waals surface area contributed by atoms with E-state index >= 15 is 0 Å². The Kier molecular flexibility index (Phi) is 4.14. The smallest absolute Gasteiger partial charge is 0.258 e. The first kappa shape index (κ1) is 15.6. The van der Waals surface area contributed by atoms with Crippen molar-refractivity contribution in [3.63, 3.8) is 0 Å². The van der Waals surface area contributed by atoms with Gasteiger partial charge in [-0.25, -0.2) is 14.4 Å². The van der Waals surface area contributed by atoms with E-state index in [-0.39, 0.29) is 10.7 Å². The van der Waals surface area contributed by atoms with Gasteiger partial charge >= 0.3 is 0 Å². The summed E-state index contributed by atoms with van der Waals surface area (Å²) < 4.78 is 14.2. The molecule has 0 saturated carbocycles. The number of halogens is 2. The maximum atomic E-state index is 13.2. The van der Waals surface area contributed by atoms with E-state index in [1.54, 1.807) is 23.5 Å². The number of benzene rings is 1. The monoisotopic (exact) mass is 350 g/mol. The quantitative estimate of drug-likeness (QED) is 0.730. The Balaban J connectivity index is 1.88. The molecule has 1 aromatic carbocycles. The van der Waals surface area contributed by atoms with E-state index in [2.05, 4.69) is 15.3 Å². The highest BCUT2D eigenvalue weighted by Crippen LogP contribution is 2.29. The van der Waals surface area contributed by atoms with Gasteiger partial charge in [0.2, 0.25) is 0 Å². The predicted octanol–water partition coefficient (Wildman–Crippen LogP) is 3.80. The SMILES string of the molecule is CN(C)c1nc2cc(NC(=O)c3cc(F)cnc3Cl)ccc2s1. The molecule has 0 saturated heterocycles. The number of hydrogen-bond acceptors (Lipinski definition) is 5. The Labute approximate surface area is 140 Å². The van der Waals surface area contributed by atoms with E-state index in [1.807, 2.05) is 25.1 Å². The second kappa shape index (κ2) is 6.10. The number of hydrogen-bond donors (Lipinski definition) is 1. The second-order valence-corrected chi connectivity index (χ2v) is 6.39. The maximum absolute atomic E-state index is 13.2. The second-order valence-electron chi connectivity index (χ2n) is 5.02. The summed E-state index contributed by atoms with van der Waals surface area (Å²) >= 11 is 7.39. The molecular weight excluding hydrogens is 339 g/mol. The molecule has 0 atom stereocenters. The highest BCUT2D eigenvalue weighted by Gasteiger charge is 2.14. The Bertz CT molecular complexity index is 896. The highest BCUT2D eigenvalue weighted by molar-refractivity contribution is 7.22. The standard InChI is InChI=1S/C15H12ClFN4OS/c1-21(2)15-20-11-6-9(3-4-12(11)23-15)19-14(22)10-5-8(17)7-18-13(10)16/h3-7H,1-2H3,(H,19,22). The predicted molar refractivity (Wildman–Crippen MR) is 91.1 cm³/mol. The minimum Gasteiger partial charge on any atom is -0.354 e. The molecule has 0 aliphatic carbocycles. The molecule has 3 rings (SSSR count). The molecular formula is C15H12ClFN4OS. The number of anilines is 2. The number of fused-ring (bicyclic) bond motifs is 1. The summed E-state index contributed by atoms with van der Waals surface area (Å²) in [6.07, 6.45) is 0.962. The molecule has 118 valence electrons. The third-order valence-corrected chi connectivity index (χ3v) is 4.57. The van der Waals surface area contributed by atoms with Crippen molar-refractivity contribution < 1.29 is 9.18 Å². The summed E-state index contributed by atoms with van der Waals surface area (Å²) in [5, 5.41) is 3.51. The first-order valence-electron chi connectivity index (χ1n) is 6.64. The lowest BCUT2D eigenvalue weighted by atomic mass is 10.2. The van der Waals surface area contributed by atoms with Gasteiger partial charge in [0.05, 0.1) is 22.0 Å². The van der Waals surface area contributed by atoms with Crippen molar-refractivity contribution in [2.24, 2.45) is 0 Å². The van der Waals surface area contributed by atoms with Gasteiger partial charge in [-0.1, -0.05) is 22.9 Å². The van der Waals surface area contributed by atoms with Gasteiger partial charge in [-0.15, -0.1) is 0 Å². The van der Waals surface area contributed by atoms with Crippen LogP contribution in [-0.2, 0) is 0 Å². The van der Waals surface area contributed by atoms with Crippen molar-refractivity contribution in [2.45, 2.75) is 0 Å². The molecule has 5 nitrogen and oxygen atoms in total. The maximum Gasteiger partial charge on any atom is 0.258 e. The Morgan fingerprint density at radius 3 is 2.87 bits per heavy atom. The van der Waals surface area contributed by atoms with Gasteiger partial charge in [-0.3, -0.25) is 4.79 Å². The van der Waals surface area contributed by atoms with Gasteiger partial charge in [0, 0.05) is 19.8 Å². The van der Waals surface area contributed by atoms with Crippen molar-refractivity contribution in [2.75, 3.05) is 24.3 Å². The average Bonchev–Trinajstić information content (AvgIpc) is 2.93. The van der Waals surface area contributed by atoms with Crippen molar-refractivity contribution in [3.05, 3.63) is 47.0 Å². The van der Waals surface area contributed by atoms with Crippen molar-refractivity contribution in [1.82, 2.24) is 9.97 Å². The van der Waals surface area contributed by atoms with Crippen LogP contribution in [0.15, 0.2) is 30.5 Å². The van der Waals surface area contributed by atoms with E-state index in [4.69, 9.17) is 11.6 Å². The van der Waals surface area contributed by atoms with Crippen LogP contribution >= 0.6 is 22.9 Å². The molecule has 1 N–H and O–H groups in total. The minimum absolute atomic E-state index is 0.0148. The number of carbonyl (C=O) groups excluding carboxylic acids is 1. The fraction of sp³-hybridized carbons (Fsp3) is 0.133. The summed E-state index contributed by atoms with van der Waals surface area (Å²) in [4.78, 5) is 22.2. The fourth-order valence-corrected chi connectivity index (χ4v) is 3.02. The molecule has 2 heterocycles. The van der Waals surface area contributed by atoms with Gasteiger partial charge in [0.25, 0.3) is 5.91 Å². The van der Waals surface area contributed by atoms with Crippen LogP contribution < -0.4 is 10.2 Å². The number of nitrogens with one attached hydrogen (secondary N) is 1. The van der Waals surface area contributed by atoms with Gasteiger partial charge in [-0.2, -0.15) is 0 Å².